The van der Waals surface area contributed by atoms with Crippen LogP contribution in [0.3, 0.4) is 0 Å². The van der Waals surface area contributed by atoms with Crippen LogP contribution in [-0.4, -0.2) is 41.5 Å². The van der Waals surface area contributed by atoms with E-state index in [1.54, 1.807) is 12.1 Å². The van der Waals surface area contributed by atoms with Crippen LogP contribution in [0.2, 0.25) is 0 Å². The molecule has 0 aromatic heterocycles. The molecule has 1 aliphatic carbocycles. The number of benzene rings is 1. The van der Waals surface area contributed by atoms with Gasteiger partial charge in [0.15, 0.2) is 6.10 Å². The normalized spacial score (nSPS) is 23.9. The van der Waals surface area contributed by atoms with E-state index in [1.165, 1.54) is 31.2 Å². The van der Waals surface area contributed by atoms with E-state index in [9.17, 15) is 19.2 Å². The summed E-state index contributed by atoms with van der Waals surface area (Å²) in [6.07, 6.45) is 0.190. The van der Waals surface area contributed by atoms with Crippen molar-refractivity contribution in [2.24, 2.45) is 0 Å². The van der Waals surface area contributed by atoms with Crippen LogP contribution in [-0.2, 0) is 23.8 Å². The van der Waals surface area contributed by atoms with Crippen molar-refractivity contribution in [1.29, 1.82) is 0 Å². The number of hydrogen-bond acceptors (Lipinski definition) is 7. The average Bonchev–Trinajstić information content (AvgIpc) is 2.73. The molecule has 124 valence electrons. The molecule has 24 heavy (non-hydrogen) atoms. The summed E-state index contributed by atoms with van der Waals surface area (Å²) in [5, 5.41) is 0. The first kappa shape index (κ1) is 16.1. The zero-order valence-electron chi connectivity index (χ0n) is 13.0. The van der Waals surface area contributed by atoms with Crippen LogP contribution in [0.15, 0.2) is 36.4 Å². The van der Waals surface area contributed by atoms with Gasteiger partial charge in [-0.25, -0.2) is 0 Å². The molecule has 0 radical (unpaired) electrons. The number of carbonyl (C=O) groups excluding carboxylic acids is 4. The lowest BCUT2D eigenvalue weighted by Crippen LogP contribution is -2.58. The summed E-state index contributed by atoms with van der Waals surface area (Å²) in [4.78, 5) is 48.3. The van der Waals surface area contributed by atoms with Gasteiger partial charge in [0.1, 0.15) is 0 Å². The third-order valence-corrected chi connectivity index (χ3v) is 3.81. The van der Waals surface area contributed by atoms with Crippen molar-refractivity contribution in [3.8, 4) is 0 Å². The van der Waals surface area contributed by atoms with Crippen LogP contribution in [0.4, 0.5) is 0 Å². The topological polar surface area (TPSA) is 96.0 Å². The summed E-state index contributed by atoms with van der Waals surface area (Å²) in [7, 11) is 0. The number of hydrogen-bond donors (Lipinski definition) is 0. The van der Waals surface area contributed by atoms with Gasteiger partial charge < -0.3 is 14.2 Å². The smallest absolute Gasteiger partial charge is 0.305 e. The minimum Gasteiger partial charge on any atom is -0.454 e. The standard InChI is InChI=1S/C17H14O7/c1-9(18)22-13-7-8-14(23-10(2)19)24-17(13)15(20)11-5-3-4-6-12(11)16(17)21/h3-8,13-14H,1-2H3/t13-,14-/m0/s1. The fourth-order valence-corrected chi connectivity index (χ4v) is 2.89. The molecule has 7 heteroatoms. The summed E-state index contributed by atoms with van der Waals surface area (Å²) >= 11 is 0. The molecule has 2 atom stereocenters. The molecule has 0 fully saturated rings. The summed E-state index contributed by atoms with van der Waals surface area (Å²) in [5.74, 6) is -2.57. The summed E-state index contributed by atoms with van der Waals surface area (Å²) < 4.78 is 15.6. The lowest BCUT2D eigenvalue weighted by molar-refractivity contribution is -0.199. The molecule has 0 bridgehead atoms. The molecule has 0 N–H and O–H groups in total. The monoisotopic (exact) mass is 330 g/mol. The van der Waals surface area contributed by atoms with E-state index in [2.05, 4.69) is 0 Å². The van der Waals surface area contributed by atoms with Gasteiger partial charge in [0, 0.05) is 25.0 Å². The SMILES string of the molecule is CC(=O)O[C@@H]1C=C[C@H](OC(C)=O)C2(O1)C(=O)c1ccccc1C2=O. The predicted molar refractivity (Wildman–Crippen MR) is 79.2 cm³/mol. The number of esters is 2. The Labute approximate surface area is 137 Å². The second-order valence-electron chi connectivity index (χ2n) is 5.45. The van der Waals surface area contributed by atoms with Gasteiger partial charge in [-0.3, -0.25) is 19.2 Å². The molecule has 0 unspecified atom stereocenters. The molecule has 3 rings (SSSR count). The molecule has 1 heterocycles. The molecular weight excluding hydrogens is 316 g/mol. The molecule has 0 amide bonds. The van der Waals surface area contributed by atoms with Crippen molar-refractivity contribution in [3.63, 3.8) is 0 Å². The van der Waals surface area contributed by atoms with Crippen LogP contribution in [0.25, 0.3) is 0 Å². The van der Waals surface area contributed by atoms with Crippen molar-refractivity contribution >= 4 is 23.5 Å². The first-order valence-electron chi connectivity index (χ1n) is 7.25. The highest BCUT2D eigenvalue weighted by Gasteiger charge is 2.62. The Hall–Kier alpha value is -2.80. The van der Waals surface area contributed by atoms with E-state index in [0.717, 1.165) is 6.92 Å². The van der Waals surface area contributed by atoms with E-state index >= 15 is 0 Å². The van der Waals surface area contributed by atoms with Gasteiger partial charge in [-0.05, 0) is 12.2 Å². The Morgan fingerprint density at radius 1 is 0.958 bits per heavy atom. The summed E-state index contributed by atoms with van der Waals surface area (Å²) in [5.41, 5.74) is -1.72. The second-order valence-corrected chi connectivity index (χ2v) is 5.45. The van der Waals surface area contributed by atoms with E-state index in [4.69, 9.17) is 14.2 Å². The molecule has 1 aromatic rings. The van der Waals surface area contributed by atoms with Gasteiger partial charge in [-0.2, -0.15) is 0 Å². The molecule has 1 aromatic carbocycles. The van der Waals surface area contributed by atoms with Gasteiger partial charge in [-0.1, -0.05) is 24.3 Å². The summed E-state index contributed by atoms with van der Waals surface area (Å²) in [6.45, 7) is 2.34. The fourth-order valence-electron chi connectivity index (χ4n) is 2.89. The van der Waals surface area contributed by atoms with Crippen molar-refractivity contribution in [2.75, 3.05) is 0 Å². The number of fused-ring (bicyclic) bond motifs is 1. The molecule has 2 aliphatic rings. The minimum atomic E-state index is -2.08. The maximum absolute atomic E-state index is 12.9. The van der Waals surface area contributed by atoms with Crippen molar-refractivity contribution in [2.45, 2.75) is 31.8 Å². The fraction of sp³-hybridized carbons (Fsp3) is 0.294. The predicted octanol–water partition coefficient (Wildman–Crippen LogP) is 1.21. The van der Waals surface area contributed by atoms with Crippen LogP contribution in [0, 0.1) is 0 Å². The van der Waals surface area contributed by atoms with Gasteiger partial charge in [0.05, 0.1) is 0 Å². The first-order valence-corrected chi connectivity index (χ1v) is 7.25. The highest BCUT2D eigenvalue weighted by atomic mass is 16.7. The van der Waals surface area contributed by atoms with Gasteiger partial charge in [-0.15, -0.1) is 0 Å². The van der Waals surface area contributed by atoms with E-state index < -0.39 is 41.5 Å². The quantitative estimate of drug-likeness (QED) is 0.457. The number of Topliss-reactive ketones (excluding diaryl/α,β-unsaturated/α-hetero) is 2. The maximum atomic E-state index is 12.9. The van der Waals surface area contributed by atoms with Crippen LogP contribution in [0.5, 0.6) is 0 Å². The van der Waals surface area contributed by atoms with Crippen molar-refractivity contribution in [3.05, 3.63) is 47.5 Å². The van der Waals surface area contributed by atoms with Crippen LogP contribution < -0.4 is 0 Å². The second kappa shape index (κ2) is 5.68. The maximum Gasteiger partial charge on any atom is 0.305 e. The summed E-state index contributed by atoms with van der Waals surface area (Å²) in [6, 6.07) is 6.23. The number of carbonyl (C=O) groups is 4. The Morgan fingerprint density at radius 3 is 2.00 bits per heavy atom. The Kier molecular flexibility index (Phi) is 3.81. The third-order valence-electron chi connectivity index (χ3n) is 3.81. The zero-order chi connectivity index (χ0) is 17.5. The lowest BCUT2D eigenvalue weighted by atomic mass is 9.88. The van der Waals surface area contributed by atoms with Crippen molar-refractivity contribution < 1.29 is 33.4 Å². The molecule has 0 saturated carbocycles. The van der Waals surface area contributed by atoms with Crippen molar-refractivity contribution in [1.82, 2.24) is 0 Å². The first-order chi connectivity index (χ1) is 11.4. The molecule has 7 nitrogen and oxygen atoms in total. The number of rotatable bonds is 2. The molecule has 1 aliphatic heterocycles. The van der Waals surface area contributed by atoms with Gasteiger partial charge >= 0.3 is 11.9 Å². The third kappa shape index (κ3) is 2.33. The zero-order valence-corrected chi connectivity index (χ0v) is 13.0. The van der Waals surface area contributed by atoms with Crippen LogP contribution >= 0.6 is 0 Å². The molecular formula is C17H14O7. The van der Waals surface area contributed by atoms with E-state index in [1.807, 2.05) is 0 Å². The Bertz CT molecular complexity index is 742. The number of ether oxygens (including phenoxy) is 3. The highest BCUT2D eigenvalue weighted by Crippen LogP contribution is 2.40. The Morgan fingerprint density at radius 2 is 1.50 bits per heavy atom. The highest BCUT2D eigenvalue weighted by molar-refractivity contribution is 6.33. The van der Waals surface area contributed by atoms with Gasteiger partial charge in [0.25, 0.3) is 0 Å². The lowest BCUT2D eigenvalue weighted by Gasteiger charge is -2.37. The van der Waals surface area contributed by atoms with E-state index in [0.29, 0.717) is 0 Å². The average molecular weight is 330 g/mol. The molecule has 0 saturated heterocycles. The number of ketones is 2. The van der Waals surface area contributed by atoms with Crippen LogP contribution in [0.1, 0.15) is 34.6 Å². The largest absolute Gasteiger partial charge is 0.454 e. The molecule has 1 spiro atoms. The Balaban J connectivity index is 2.09. The van der Waals surface area contributed by atoms with E-state index in [-0.39, 0.29) is 11.1 Å². The van der Waals surface area contributed by atoms with Gasteiger partial charge in [0.2, 0.25) is 23.5 Å². The minimum absolute atomic E-state index is 0.177.